The lowest BCUT2D eigenvalue weighted by Crippen LogP contribution is -2.18. The van der Waals surface area contributed by atoms with Gasteiger partial charge in [-0.15, -0.1) is 0 Å². The minimum Gasteiger partial charge on any atom is -0.309 e. The monoisotopic (exact) mass is 336 g/mol. The van der Waals surface area contributed by atoms with Crippen molar-refractivity contribution >= 4 is 27.7 Å². The van der Waals surface area contributed by atoms with Gasteiger partial charge in [-0.2, -0.15) is 0 Å². The number of aromatic nitrogens is 1. The Bertz CT molecular complexity index is 511. The van der Waals surface area contributed by atoms with Crippen molar-refractivity contribution in [3.63, 3.8) is 0 Å². The summed E-state index contributed by atoms with van der Waals surface area (Å²) >= 11 is 5.17. The molecule has 1 atom stereocenters. The quantitative estimate of drug-likeness (QED) is 0.858. The second kappa shape index (κ2) is 7.08. The molecule has 100 valence electrons. The van der Waals surface area contributed by atoms with Crippen LogP contribution in [0.5, 0.6) is 0 Å². The van der Waals surface area contributed by atoms with Crippen LogP contribution in [0.25, 0.3) is 0 Å². The zero-order valence-electron chi connectivity index (χ0n) is 11.1. The topological polar surface area (TPSA) is 24.9 Å². The molecule has 0 bridgehead atoms. The van der Waals surface area contributed by atoms with E-state index in [9.17, 15) is 0 Å². The first kappa shape index (κ1) is 14.6. The molecule has 1 heterocycles. The number of hydrogen-bond donors (Lipinski definition) is 1. The van der Waals surface area contributed by atoms with E-state index in [1.807, 2.05) is 6.20 Å². The van der Waals surface area contributed by atoms with Crippen molar-refractivity contribution in [1.29, 1.82) is 0 Å². The van der Waals surface area contributed by atoms with Gasteiger partial charge in [-0.05, 0) is 49.9 Å². The van der Waals surface area contributed by atoms with Crippen molar-refractivity contribution in [2.24, 2.45) is 0 Å². The van der Waals surface area contributed by atoms with Crippen molar-refractivity contribution in [1.82, 2.24) is 10.3 Å². The molecule has 1 unspecified atom stereocenters. The fraction of sp³-hybridized carbons (Fsp3) is 0.267. The highest BCUT2D eigenvalue weighted by Gasteiger charge is 2.05. The Kier molecular flexibility index (Phi) is 5.43. The van der Waals surface area contributed by atoms with Crippen molar-refractivity contribution in [3.05, 3.63) is 52.8 Å². The highest BCUT2D eigenvalue weighted by Crippen LogP contribution is 2.28. The number of rotatable bonds is 5. The minimum absolute atomic E-state index is 0.303. The Hall–Kier alpha value is -0.840. The average Bonchev–Trinajstić information content (AvgIpc) is 2.42. The Morgan fingerprint density at radius 1 is 1.16 bits per heavy atom. The summed E-state index contributed by atoms with van der Waals surface area (Å²) in [6.07, 6.45) is 1.94. The van der Waals surface area contributed by atoms with Crippen LogP contribution in [0.15, 0.2) is 56.9 Å². The molecule has 0 aliphatic heterocycles. The summed E-state index contributed by atoms with van der Waals surface area (Å²) in [6.45, 7) is 5.19. The van der Waals surface area contributed by atoms with Crippen LogP contribution in [0.3, 0.4) is 0 Å². The normalized spacial score (nSPS) is 12.4. The molecule has 2 nitrogen and oxygen atoms in total. The second-order valence-electron chi connectivity index (χ2n) is 4.25. The fourth-order valence-corrected chi connectivity index (χ4v) is 2.81. The molecule has 0 spiro atoms. The largest absolute Gasteiger partial charge is 0.309 e. The van der Waals surface area contributed by atoms with E-state index in [1.54, 1.807) is 11.8 Å². The van der Waals surface area contributed by atoms with Crippen LogP contribution >= 0.6 is 27.7 Å². The Morgan fingerprint density at radius 3 is 2.42 bits per heavy atom. The van der Waals surface area contributed by atoms with Gasteiger partial charge in [0.1, 0.15) is 0 Å². The van der Waals surface area contributed by atoms with Crippen LogP contribution in [0, 0.1) is 0 Å². The van der Waals surface area contributed by atoms with E-state index in [-0.39, 0.29) is 0 Å². The summed E-state index contributed by atoms with van der Waals surface area (Å²) in [5.74, 6) is 0. The van der Waals surface area contributed by atoms with Crippen LogP contribution in [-0.2, 0) is 0 Å². The molecule has 1 N–H and O–H groups in total. The van der Waals surface area contributed by atoms with Crippen LogP contribution in [-0.4, -0.2) is 11.5 Å². The van der Waals surface area contributed by atoms with Crippen molar-refractivity contribution < 1.29 is 0 Å². The maximum Gasteiger partial charge on any atom is 0.0571 e. The highest BCUT2D eigenvalue weighted by atomic mass is 79.9. The lowest BCUT2D eigenvalue weighted by atomic mass is 10.2. The summed E-state index contributed by atoms with van der Waals surface area (Å²) in [5, 5.41) is 3.36. The van der Waals surface area contributed by atoms with Crippen LogP contribution < -0.4 is 5.32 Å². The molecule has 19 heavy (non-hydrogen) atoms. The fourth-order valence-electron chi connectivity index (χ4n) is 1.76. The summed E-state index contributed by atoms with van der Waals surface area (Å²) in [7, 11) is 0. The van der Waals surface area contributed by atoms with Crippen LogP contribution in [0.1, 0.15) is 25.6 Å². The first-order valence-electron chi connectivity index (χ1n) is 6.32. The molecule has 0 aliphatic carbocycles. The summed E-state index contributed by atoms with van der Waals surface area (Å²) in [6, 6.07) is 12.8. The molecular weight excluding hydrogens is 320 g/mol. The van der Waals surface area contributed by atoms with Gasteiger partial charge in [0, 0.05) is 26.5 Å². The van der Waals surface area contributed by atoms with Gasteiger partial charge in [0.25, 0.3) is 0 Å². The molecular formula is C15H17BrN2S. The maximum atomic E-state index is 4.52. The van der Waals surface area contributed by atoms with E-state index >= 15 is 0 Å². The zero-order valence-corrected chi connectivity index (χ0v) is 13.5. The standard InChI is InChI=1S/C15H17BrN2S/c1-3-17-11(2)15-9-8-14(10-18-15)19-13-6-4-12(16)5-7-13/h4-11,17H,3H2,1-2H3. The second-order valence-corrected chi connectivity index (χ2v) is 6.32. The number of nitrogens with zero attached hydrogens (tertiary/aromatic N) is 1. The molecule has 1 aromatic carbocycles. The van der Waals surface area contributed by atoms with Crippen molar-refractivity contribution in [2.45, 2.75) is 29.7 Å². The Morgan fingerprint density at radius 2 is 1.84 bits per heavy atom. The average molecular weight is 337 g/mol. The molecule has 0 fully saturated rings. The van der Waals surface area contributed by atoms with Gasteiger partial charge in [0.15, 0.2) is 0 Å². The number of halogens is 1. The van der Waals surface area contributed by atoms with Crippen LogP contribution in [0.4, 0.5) is 0 Å². The van der Waals surface area contributed by atoms with Gasteiger partial charge in [-0.1, -0.05) is 34.6 Å². The molecule has 0 saturated heterocycles. The molecule has 0 saturated carbocycles. The van der Waals surface area contributed by atoms with E-state index < -0.39 is 0 Å². The number of benzene rings is 1. The van der Waals surface area contributed by atoms with Crippen molar-refractivity contribution in [3.8, 4) is 0 Å². The maximum absolute atomic E-state index is 4.52. The van der Waals surface area contributed by atoms with Gasteiger partial charge in [0.2, 0.25) is 0 Å². The third kappa shape index (κ3) is 4.34. The molecule has 2 rings (SSSR count). The molecule has 0 radical (unpaired) electrons. The number of hydrogen-bond acceptors (Lipinski definition) is 3. The molecule has 0 amide bonds. The third-order valence-electron chi connectivity index (χ3n) is 2.76. The van der Waals surface area contributed by atoms with Gasteiger partial charge in [-0.25, -0.2) is 0 Å². The van der Waals surface area contributed by atoms with Crippen molar-refractivity contribution in [2.75, 3.05) is 6.54 Å². The first-order valence-corrected chi connectivity index (χ1v) is 7.92. The lowest BCUT2D eigenvalue weighted by Gasteiger charge is -2.11. The predicted molar refractivity (Wildman–Crippen MR) is 84.6 cm³/mol. The first-order chi connectivity index (χ1) is 9.19. The smallest absolute Gasteiger partial charge is 0.0571 e. The summed E-state index contributed by atoms with van der Waals surface area (Å²) in [5.41, 5.74) is 1.09. The Labute approximate surface area is 127 Å². The van der Waals surface area contributed by atoms with E-state index in [2.05, 4.69) is 76.5 Å². The van der Waals surface area contributed by atoms with Gasteiger partial charge < -0.3 is 5.32 Å². The van der Waals surface area contributed by atoms with Gasteiger partial charge in [-0.3, -0.25) is 4.98 Å². The predicted octanol–water partition coefficient (Wildman–Crippen LogP) is 4.67. The van der Waals surface area contributed by atoms with Crippen LogP contribution in [0.2, 0.25) is 0 Å². The van der Waals surface area contributed by atoms with E-state index in [0.29, 0.717) is 6.04 Å². The summed E-state index contributed by atoms with van der Waals surface area (Å²) < 4.78 is 1.10. The van der Waals surface area contributed by atoms with E-state index in [0.717, 1.165) is 21.6 Å². The Balaban J connectivity index is 2.04. The molecule has 4 heteroatoms. The van der Waals surface area contributed by atoms with E-state index in [1.165, 1.54) is 4.90 Å². The molecule has 2 aromatic rings. The minimum atomic E-state index is 0.303. The third-order valence-corrected chi connectivity index (χ3v) is 4.28. The number of nitrogens with one attached hydrogen (secondary N) is 1. The number of pyridine rings is 1. The summed E-state index contributed by atoms with van der Waals surface area (Å²) in [4.78, 5) is 6.90. The van der Waals surface area contributed by atoms with Gasteiger partial charge in [0.05, 0.1) is 5.69 Å². The SMILES string of the molecule is CCNC(C)c1ccc(Sc2ccc(Br)cc2)cn1. The highest BCUT2D eigenvalue weighted by molar-refractivity contribution is 9.10. The zero-order chi connectivity index (χ0) is 13.7. The van der Waals surface area contributed by atoms with Gasteiger partial charge >= 0.3 is 0 Å². The molecule has 1 aromatic heterocycles. The lowest BCUT2D eigenvalue weighted by molar-refractivity contribution is 0.582. The molecule has 0 aliphatic rings. The van der Waals surface area contributed by atoms with E-state index in [4.69, 9.17) is 0 Å².